The molecule has 1 fully saturated rings. The Labute approximate surface area is 140 Å². The molecule has 4 rings (SSSR count). The van der Waals surface area contributed by atoms with Crippen LogP contribution in [0.5, 0.6) is 0 Å². The second-order valence-corrected chi connectivity index (χ2v) is 6.11. The predicted molar refractivity (Wildman–Crippen MR) is 90.3 cm³/mol. The van der Waals surface area contributed by atoms with E-state index in [0.717, 1.165) is 49.1 Å². The van der Waals surface area contributed by atoms with E-state index >= 15 is 0 Å². The number of nitrogens with zero attached hydrogens (tertiary/aromatic N) is 7. The molecule has 0 unspecified atom stereocenters. The molecule has 1 aliphatic heterocycles. The fourth-order valence-electron chi connectivity index (χ4n) is 3.18. The molecule has 1 saturated heterocycles. The van der Waals surface area contributed by atoms with Crippen LogP contribution in [-0.4, -0.2) is 42.6 Å². The first kappa shape index (κ1) is 14.7. The average molecular weight is 321 g/mol. The first-order valence-corrected chi connectivity index (χ1v) is 8.10. The van der Waals surface area contributed by atoms with Crippen LogP contribution in [0.25, 0.3) is 11.5 Å². The molecule has 0 amide bonds. The van der Waals surface area contributed by atoms with Crippen molar-refractivity contribution in [3.63, 3.8) is 0 Å². The third kappa shape index (κ3) is 2.97. The van der Waals surface area contributed by atoms with Gasteiger partial charge in [-0.15, -0.1) is 0 Å². The molecule has 0 aromatic carbocycles. The number of rotatable bonds is 4. The Kier molecular flexibility index (Phi) is 3.90. The average Bonchev–Trinajstić information content (AvgIpc) is 3.25. The van der Waals surface area contributed by atoms with Crippen LogP contribution in [-0.2, 0) is 13.5 Å². The number of hydrogen-bond acceptors (Lipinski definition) is 6. The molecule has 24 heavy (non-hydrogen) atoms. The van der Waals surface area contributed by atoms with E-state index in [1.165, 1.54) is 0 Å². The molecule has 7 nitrogen and oxygen atoms in total. The van der Waals surface area contributed by atoms with E-state index in [2.05, 4.69) is 29.8 Å². The minimum Gasteiger partial charge on any atom is -0.341 e. The normalized spacial score (nSPS) is 17.4. The molecule has 0 bridgehead atoms. The summed E-state index contributed by atoms with van der Waals surface area (Å²) in [6, 6.07) is 3.89. The largest absolute Gasteiger partial charge is 0.341 e. The highest BCUT2D eigenvalue weighted by Crippen LogP contribution is 2.24. The maximum Gasteiger partial charge on any atom is 0.225 e. The summed E-state index contributed by atoms with van der Waals surface area (Å²) in [5.74, 6) is 2.23. The standard InChI is InChI=1S/C17H19N7/c1-23-8-6-18-16(23)15-10-14(21-12-22-15)9-13-3-7-24(11-13)17-19-4-2-5-20-17/h2,4-6,8,10,12-13H,3,7,9,11H2,1H3/t13-/m1/s1. The van der Waals surface area contributed by atoms with Gasteiger partial charge in [0.15, 0.2) is 5.82 Å². The highest BCUT2D eigenvalue weighted by atomic mass is 15.3. The Morgan fingerprint density at radius 2 is 1.96 bits per heavy atom. The second-order valence-electron chi connectivity index (χ2n) is 6.11. The van der Waals surface area contributed by atoms with Crippen molar-refractivity contribution in [3.8, 4) is 11.5 Å². The molecular formula is C17H19N7. The van der Waals surface area contributed by atoms with Crippen LogP contribution in [0.3, 0.4) is 0 Å². The maximum atomic E-state index is 4.44. The van der Waals surface area contributed by atoms with Crippen LogP contribution in [0, 0.1) is 5.92 Å². The smallest absolute Gasteiger partial charge is 0.225 e. The number of hydrogen-bond donors (Lipinski definition) is 0. The minimum atomic E-state index is 0.554. The predicted octanol–water partition coefficient (Wildman–Crippen LogP) is 1.74. The van der Waals surface area contributed by atoms with Crippen molar-refractivity contribution >= 4 is 5.95 Å². The molecule has 122 valence electrons. The lowest BCUT2D eigenvalue weighted by atomic mass is 10.0. The molecule has 0 saturated carbocycles. The number of aryl methyl sites for hydroxylation is 1. The van der Waals surface area contributed by atoms with Gasteiger partial charge in [-0.25, -0.2) is 24.9 Å². The highest BCUT2D eigenvalue weighted by molar-refractivity contribution is 5.49. The van der Waals surface area contributed by atoms with Gasteiger partial charge in [0.05, 0.1) is 0 Å². The molecule has 1 aliphatic rings. The van der Waals surface area contributed by atoms with Crippen LogP contribution >= 0.6 is 0 Å². The molecule has 0 N–H and O–H groups in total. The van der Waals surface area contributed by atoms with E-state index in [1.54, 1.807) is 24.9 Å². The zero-order valence-electron chi connectivity index (χ0n) is 13.6. The van der Waals surface area contributed by atoms with Crippen LogP contribution in [0.4, 0.5) is 5.95 Å². The van der Waals surface area contributed by atoms with Gasteiger partial charge in [0.2, 0.25) is 5.95 Å². The first-order chi connectivity index (χ1) is 11.8. The lowest BCUT2D eigenvalue weighted by Crippen LogP contribution is -2.22. The molecule has 1 atom stereocenters. The van der Waals surface area contributed by atoms with E-state index in [-0.39, 0.29) is 0 Å². The van der Waals surface area contributed by atoms with Gasteiger partial charge in [0.25, 0.3) is 0 Å². The third-order valence-electron chi connectivity index (χ3n) is 4.39. The SMILES string of the molecule is Cn1ccnc1-c1cc(C[C@H]2CCN(c3ncccn3)C2)ncn1. The summed E-state index contributed by atoms with van der Waals surface area (Å²) >= 11 is 0. The van der Waals surface area contributed by atoms with E-state index in [0.29, 0.717) is 5.92 Å². The summed E-state index contributed by atoms with van der Waals surface area (Å²) in [5, 5.41) is 0. The Hall–Kier alpha value is -2.83. The van der Waals surface area contributed by atoms with Gasteiger partial charge in [0, 0.05) is 50.6 Å². The lowest BCUT2D eigenvalue weighted by Gasteiger charge is -2.15. The van der Waals surface area contributed by atoms with E-state index in [4.69, 9.17) is 0 Å². The Balaban J connectivity index is 1.46. The summed E-state index contributed by atoms with van der Waals surface area (Å²) in [7, 11) is 1.97. The van der Waals surface area contributed by atoms with Crippen molar-refractivity contribution in [1.29, 1.82) is 0 Å². The molecular weight excluding hydrogens is 302 g/mol. The molecule has 4 heterocycles. The van der Waals surface area contributed by atoms with Crippen LogP contribution in [0.2, 0.25) is 0 Å². The summed E-state index contributed by atoms with van der Waals surface area (Å²) in [6.45, 7) is 1.96. The van der Waals surface area contributed by atoms with Crippen molar-refractivity contribution in [2.24, 2.45) is 13.0 Å². The van der Waals surface area contributed by atoms with Gasteiger partial charge >= 0.3 is 0 Å². The fourth-order valence-corrected chi connectivity index (χ4v) is 3.18. The second kappa shape index (κ2) is 6.35. The maximum absolute atomic E-state index is 4.44. The highest BCUT2D eigenvalue weighted by Gasteiger charge is 2.25. The van der Waals surface area contributed by atoms with Gasteiger partial charge in [-0.3, -0.25) is 0 Å². The van der Waals surface area contributed by atoms with Gasteiger partial charge in [-0.05, 0) is 30.9 Å². The van der Waals surface area contributed by atoms with Crippen LogP contribution in [0.1, 0.15) is 12.1 Å². The van der Waals surface area contributed by atoms with Crippen molar-refractivity contribution in [1.82, 2.24) is 29.5 Å². The van der Waals surface area contributed by atoms with Gasteiger partial charge in [-0.1, -0.05) is 0 Å². The van der Waals surface area contributed by atoms with Crippen LogP contribution in [0.15, 0.2) is 43.2 Å². The van der Waals surface area contributed by atoms with Crippen molar-refractivity contribution < 1.29 is 0 Å². The zero-order chi connectivity index (χ0) is 16.4. The first-order valence-electron chi connectivity index (χ1n) is 8.10. The minimum absolute atomic E-state index is 0.554. The van der Waals surface area contributed by atoms with Crippen molar-refractivity contribution in [3.05, 3.63) is 48.9 Å². The fraction of sp³-hybridized carbons (Fsp3) is 0.353. The van der Waals surface area contributed by atoms with Crippen molar-refractivity contribution in [2.75, 3.05) is 18.0 Å². The lowest BCUT2D eigenvalue weighted by molar-refractivity contribution is 0.576. The molecule has 7 heteroatoms. The summed E-state index contributed by atoms with van der Waals surface area (Å²) in [5.41, 5.74) is 1.93. The van der Waals surface area contributed by atoms with Gasteiger partial charge in [0.1, 0.15) is 12.0 Å². The molecule has 3 aromatic heterocycles. The van der Waals surface area contributed by atoms with E-state index in [1.807, 2.05) is 29.9 Å². The monoisotopic (exact) mass is 321 g/mol. The quantitative estimate of drug-likeness (QED) is 0.729. The van der Waals surface area contributed by atoms with E-state index < -0.39 is 0 Å². The topological polar surface area (TPSA) is 72.6 Å². The Morgan fingerprint density at radius 1 is 1.08 bits per heavy atom. The molecule has 0 radical (unpaired) electrons. The molecule has 0 spiro atoms. The third-order valence-corrected chi connectivity index (χ3v) is 4.39. The van der Waals surface area contributed by atoms with E-state index in [9.17, 15) is 0 Å². The molecule has 3 aromatic rings. The van der Waals surface area contributed by atoms with Crippen molar-refractivity contribution in [2.45, 2.75) is 12.8 Å². The van der Waals surface area contributed by atoms with Crippen LogP contribution < -0.4 is 4.90 Å². The number of anilines is 1. The Morgan fingerprint density at radius 3 is 2.75 bits per heavy atom. The van der Waals surface area contributed by atoms with Gasteiger partial charge in [-0.2, -0.15) is 0 Å². The molecule has 0 aliphatic carbocycles. The number of aromatic nitrogens is 6. The summed E-state index contributed by atoms with van der Waals surface area (Å²) in [4.78, 5) is 24.1. The summed E-state index contributed by atoms with van der Waals surface area (Å²) in [6.07, 6.45) is 11.0. The zero-order valence-corrected chi connectivity index (χ0v) is 13.6. The Bertz CT molecular complexity index is 815. The van der Waals surface area contributed by atoms with Gasteiger partial charge < -0.3 is 9.47 Å². The summed E-state index contributed by atoms with van der Waals surface area (Å²) < 4.78 is 1.97. The number of imidazole rings is 1.